The van der Waals surface area contributed by atoms with Crippen molar-refractivity contribution in [2.75, 3.05) is 13.2 Å². The van der Waals surface area contributed by atoms with Crippen LogP contribution in [0.4, 0.5) is 0 Å². The Kier molecular flexibility index (Phi) is 49.0. The SMILES string of the molecule is CCC\C=C/C=C\C=C/C=C\C=C/CCCCCCCC(=O)OCC(COC(=O)CCCCCC/C=C\CCCC)OC(=O)CCCCCCC/C=C\C=C/CCCCCCCCC. The van der Waals surface area contributed by atoms with Gasteiger partial charge in [0, 0.05) is 19.3 Å². The zero-order valence-corrected chi connectivity index (χ0v) is 41.5. The van der Waals surface area contributed by atoms with Crippen LogP contribution >= 0.6 is 0 Å². The smallest absolute Gasteiger partial charge is 0.306 e. The molecule has 6 nitrogen and oxygen atoms in total. The molecule has 0 spiro atoms. The third kappa shape index (κ3) is 49.3. The Morgan fingerprint density at radius 1 is 0.312 bits per heavy atom. The molecule has 6 heteroatoms. The van der Waals surface area contributed by atoms with Crippen molar-refractivity contribution < 1.29 is 28.6 Å². The van der Waals surface area contributed by atoms with E-state index in [1.54, 1.807) is 0 Å². The number of carbonyl (C=O) groups is 3. The maximum Gasteiger partial charge on any atom is 0.306 e. The van der Waals surface area contributed by atoms with Gasteiger partial charge in [0.1, 0.15) is 13.2 Å². The molecule has 64 heavy (non-hydrogen) atoms. The average molecular weight is 889 g/mol. The number of allylic oxidation sites excluding steroid dienone is 16. The summed E-state index contributed by atoms with van der Waals surface area (Å²) in [5.41, 5.74) is 0. The normalized spacial score (nSPS) is 12.9. The Labute approximate surface area is 394 Å². The molecule has 0 fully saturated rings. The molecular weight excluding hydrogens is 793 g/mol. The summed E-state index contributed by atoms with van der Waals surface area (Å²) in [6, 6.07) is 0. The van der Waals surface area contributed by atoms with Gasteiger partial charge in [-0.3, -0.25) is 14.4 Å². The van der Waals surface area contributed by atoms with Gasteiger partial charge in [-0.1, -0.05) is 227 Å². The van der Waals surface area contributed by atoms with Crippen LogP contribution in [0.2, 0.25) is 0 Å². The second-order valence-corrected chi connectivity index (χ2v) is 17.2. The van der Waals surface area contributed by atoms with Gasteiger partial charge in [0.25, 0.3) is 0 Å². The van der Waals surface area contributed by atoms with Gasteiger partial charge in [-0.15, -0.1) is 0 Å². The monoisotopic (exact) mass is 889 g/mol. The predicted octanol–water partition coefficient (Wildman–Crippen LogP) is 17.4. The lowest BCUT2D eigenvalue weighted by Gasteiger charge is -2.18. The first-order chi connectivity index (χ1) is 31.5. The van der Waals surface area contributed by atoms with E-state index >= 15 is 0 Å². The van der Waals surface area contributed by atoms with Gasteiger partial charge in [-0.2, -0.15) is 0 Å². The molecule has 0 aliphatic heterocycles. The van der Waals surface area contributed by atoms with E-state index < -0.39 is 6.10 Å². The highest BCUT2D eigenvalue weighted by Crippen LogP contribution is 2.13. The van der Waals surface area contributed by atoms with Gasteiger partial charge >= 0.3 is 17.9 Å². The summed E-state index contributed by atoms with van der Waals surface area (Å²) in [6.07, 6.45) is 68.1. The molecule has 0 rings (SSSR count). The van der Waals surface area contributed by atoms with Crippen LogP contribution in [-0.4, -0.2) is 37.2 Å². The summed E-state index contributed by atoms with van der Waals surface area (Å²) in [6.45, 7) is 6.45. The van der Waals surface area contributed by atoms with Crippen LogP contribution in [0, 0.1) is 0 Å². The highest BCUT2D eigenvalue weighted by atomic mass is 16.6. The van der Waals surface area contributed by atoms with E-state index in [1.807, 2.05) is 24.3 Å². The molecule has 1 unspecified atom stereocenters. The van der Waals surface area contributed by atoms with Crippen LogP contribution < -0.4 is 0 Å². The summed E-state index contributed by atoms with van der Waals surface area (Å²) in [7, 11) is 0. The lowest BCUT2D eigenvalue weighted by Crippen LogP contribution is -2.30. The maximum atomic E-state index is 12.8. The van der Waals surface area contributed by atoms with Gasteiger partial charge in [0.2, 0.25) is 0 Å². The molecular formula is C58H96O6. The molecule has 0 aliphatic carbocycles. The summed E-state index contributed by atoms with van der Waals surface area (Å²) in [5, 5.41) is 0. The molecule has 0 amide bonds. The highest BCUT2D eigenvalue weighted by Gasteiger charge is 2.19. The van der Waals surface area contributed by atoms with Gasteiger partial charge < -0.3 is 14.2 Å². The van der Waals surface area contributed by atoms with Crippen LogP contribution in [0.15, 0.2) is 97.2 Å². The number of hydrogen-bond donors (Lipinski definition) is 0. The minimum atomic E-state index is -0.801. The lowest BCUT2D eigenvalue weighted by molar-refractivity contribution is -0.167. The number of esters is 3. The fourth-order valence-electron chi connectivity index (χ4n) is 6.91. The number of unbranched alkanes of at least 4 members (excludes halogenated alkanes) is 24. The van der Waals surface area contributed by atoms with Crippen molar-refractivity contribution in [1.82, 2.24) is 0 Å². The number of hydrogen-bond acceptors (Lipinski definition) is 6. The first kappa shape index (κ1) is 60.3. The third-order valence-corrected chi connectivity index (χ3v) is 10.9. The van der Waals surface area contributed by atoms with Crippen LogP contribution in [0.5, 0.6) is 0 Å². The highest BCUT2D eigenvalue weighted by molar-refractivity contribution is 5.71. The maximum absolute atomic E-state index is 12.8. The lowest BCUT2D eigenvalue weighted by atomic mass is 10.1. The van der Waals surface area contributed by atoms with Crippen molar-refractivity contribution in [3.8, 4) is 0 Å². The minimum absolute atomic E-state index is 0.0997. The van der Waals surface area contributed by atoms with Gasteiger partial charge in [-0.05, 0) is 83.5 Å². The summed E-state index contributed by atoms with van der Waals surface area (Å²) < 4.78 is 16.7. The van der Waals surface area contributed by atoms with Crippen molar-refractivity contribution in [2.45, 2.75) is 239 Å². The van der Waals surface area contributed by atoms with E-state index in [0.29, 0.717) is 19.3 Å². The Morgan fingerprint density at radius 3 is 1.05 bits per heavy atom. The number of ether oxygens (including phenoxy) is 3. The Bertz CT molecular complexity index is 1300. The molecule has 0 aliphatic rings. The van der Waals surface area contributed by atoms with Crippen molar-refractivity contribution in [3.63, 3.8) is 0 Å². The van der Waals surface area contributed by atoms with E-state index in [2.05, 4.69) is 93.7 Å². The molecule has 0 N–H and O–H groups in total. The first-order valence-corrected chi connectivity index (χ1v) is 26.3. The largest absolute Gasteiger partial charge is 0.462 e. The van der Waals surface area contributed by atoms with Crippen molar-refractivity contribution in [2.24, 2.45) is 0 Å². The summed E-state index contributed by atoms with van der Waals surface area (Å²) >= 11 is 0. The van der Waals surface area contributed by atoms with Crippen molar-refractivity contribution in [3.05, 3.63) is 97.2 Å². The second kappa shape index (κ2) is 52.0. The molecule has 0 bridgehead atoms. The molecule has 0 aromatic carbocycles. The second-order valence-electron chi connectivity index (χ2n) is 17.2. The van der Waals surface area contributed by atoms with E-state index in [9.17, 15) is 14.4 Å². The van der Waals surface area contributed by atoms with Gasteiger partial charge in [0.15, 0.2) is 6.10 Å². The van der Waals surface area contributed by atoms with Gasteiger partial charge in [0.05, 0.1) is 0 Å². The van der Waals surface area contributed by atoms with Crippen LogP contribution in [-0.2, 0) is 28.6 Å². The van der Waals surface area contributed by atoms with Crippen molar-refractivity contribution in [1.29, 1.82) is 0 Å². The Hall–Kier alpha value is -3.67. The van der Waals surface area contributed by atoms with Crippen LogP contribution in [0.3, 0.4) is 0 Å². The average Bonchev–Trinajstić information content (AvgIpc) is 3.29. The molecule has 0 radical (unpaired) electrons. The standard InChI is InChI=1S/C58H96O6/c1-4-7-10-13-16-19-22-24-26-28-30-32-34-36-39-42-45-48-51-57(60)63-54-55(53-62-56(59)50-47-44-41-38-21-18-15-12-9-6-3)64-58(61)52-49-46-43-40-37-35-33-31-29-27-25-23-20-17-14-11-8-5-2/h10,13,15-16,18-19,22,24,26-33,55H,4-9,11-12,14,17,20-21,23,25,34-54H2,1-3H3/b13-10-,18-15-,19-16-,24-22-,28-26-,29-27-,32-30-,33-31-. The zero-order valence-electron chi connectivity index (χ0n) is 41.5. The van der Waals surface area contributed by atoms with Crippen LogP contribution in [0.25, 0.3) is 0 Å². The van der Waals surface area contributed by atoms with Crippen molar-refractivity contribution >= 4 is 17.9 Å². The molecule has 0 aromatic rings. The minimum Gasteiger partial charge on any atom is -0.462 e. The third-order valence-electron chi connectivity index (χ3n) is 10.9. The molecule has 0 saturated carbocycles. The Balaban J connectivity index is 4.45. The fraction of sp³-hybridized carbons (Fsp3) is 0.672. The van der Waals surface area contributed by atoms with E-state index in [0.717, 1.165) is 122 Å². The van der Waals surface area contributed by atoms with E-state index in [1.165, 1.54) is 70.6 Å². The molecule has 1 atom stereocenters. The van der Waals surface area contributed by atoms with Crippen LogP contribution in [0.1, 0.15) is 233 Å². The van der Waals surface area contributed by atoms with E-state index in [-0.39, 0.29) is 31.1 Å². The number of rotatable bonds is 46. The van der Waals surface area contributed by atoms with E-state index in [4.69, 9.17) is 14.2 Å². The van der Waals surface area contributed by atoms with Gasteiger partial charge in [-0.25, -0.2) is 0 Å². The summed E-state index contributed by atoms with van der Waals surface area (Å²) in [4.78, 5) is 38.0. The first-order valence-electron chi connectivity index (χ1n) is 26.3. The summed E-state index contributed by atoms with van der Waals surface area (Å²) in [5.74, 6) is -0.956. The quantitative estimate of drug-likeness (QED) is 0.0199. The fourth-order valence-corrected chi connectivity index (χ4v) is 6.91. The molecule has 0 saturated heterocycles. The Morgan fingerprint density at radius 2 is 0.625 bits per heavy atom. The molecule has 0 heterocycles. The molecule has 364 valence electrons. The topological polar surface area (TPSA) is 78.9 Å². The number of carbonyl (C=O) groups excluding carboxylic acids is 3. The predicted molar refractivity (Wildman–Crippen MR) is 274 cm³/mol. The molecule has 0 aromatic heterocycles. The zero-order chi connectivity index (χ0) is 46.5.